The molecule has 1 atom stereocenters. The lowest BCUT2D eigenvalue weighted by Crippen LogP contribution is -2.27. The highest BCUT2D eigenvalue weighted by Gasteiger charge is 2.17. The van der Waals surface area contributed by atoms with Gasteiger partial charge in [-0.15, -0.1) is 0 Å². The molecule has 1 N–H and O–H groups in total. The Morgan fingerprint density at radius 3 is 2.19 bits per heavy atom. The standard InChI is InChI=1S/C27H22N4O/c1-20(21-11-5-2-6-12-21)29-27(32)23(18-28)17-24-19-31(25-15-9-4-10-16-25)30-26(24)22-13-7-3-8-14-22/h2-17,19-20H,1H3,(H,29,32)/b23-17-/t20-/m0/s1. The Bertz CT molecular complexity index is 1270. The molecule has 0 spiro atoms. The van der Waals surface area contributed by atoms with Crippen molar-refractivity contribution in [1.29, 1.82) is 5.26 Å². The lowest BCUT2D eigenvalue weighted by Gasteiger charge is -2.13. The zero-order chi connectivity index (χ0) is 22.3. The number of para-hydroxylation sites is 1. The van der Waals surface area contributed by atoms with Crippen LogP contribution in [0, 0.1) is 11.3 Å². The molecule has 3 aromatic carbocycles. The van der Waals surface area contributed by atoms with Crippen LogP contribution in [0.5, 0.6) is 0 Å². The number of hydrogen-bond acceptors (Lipinski definition) is 3. The number of carbonyl (C=O) groups excluding carboxylic acids is 1. The van der Waals surface area contributed by atoms with E-state index in [2.05, 4.69) is 5.32 Å². The van der Waals surface area contributed by atoms with Gasteiger partial charge in [-0.2, -0.15) is 10.4 Å². The van der Waals surface area contributed by atoms with Gasteiger partial charge >= 0.3 is 0 Å². The van der Waals surface area contributed by atoms with Gasteiger partial charge in [0.25, 0.3) is 5.91 Å². The van der Waals surface area contributed by atoms with Crippen molar-refractivity contribution in [2.75, 3.05) is 0 Å². The van der Waals surface area contributed by atoms with Crippen LogP contribution in [0.4, 0.5) is 0 Å². The van der Waals surface area contributed by atoms with Crippen LogP contribution < -0.4 is 5.32 Å². The summed E-state index contributed by atoms with van der Waals surface area (Å²) in [5, 5.41) is 17.4. The Labute approximate surface area is 187 Å². The minimum Gasteiger partial charge on any atom is -0.345 e. The highest BCUT2D eigenvalue weighted by molar-refractivity contribution is 6.02. The lowest BCUT2D eigenvalue weighted by molar-refractivity contribution is -0.117. The molecule has 0 aliphatic rings. The molecule has 1 aromatic heterocycles. The summed E-state index contributed by atoms with van der Waals surface area (Å²) in [5.41, 5.74) is 4.19. The van der Waals surface area contributed by atoms with Gasteiger partial charge < -0.3 is 5.32 Å². The van der Waals surface area contributed by atoms with E-state index in [0.29, 0.717) is 11.3 Å². The van der Waals surface area contributed by atoms with Gasteiger partial charge in [0.1, 0.15) is 11.6 Å². The monoisotopic (exact) mass is 418 g/mol. The summed E-state index contributed by atoms with van der Waals surface area (Å²) in [4.78, 5) is 12.9. The molecule has 1 amide bonds. The summed E-state index contributed by atoms with van der Waals surface area (Å²) in [7, 11) is 0. The second kappa shape index (κ2) is 9.59. The fraction of sp³-hybridized carbons (Fsp3) is 0.0741. The molecule has 0 fully saturated rings. The number of aromatic nitrogens is 2. The Hall–Kier alpha value is -4.43. The van der Waals surface area contributed by atoms with Crippen LogP contribution in [-0.4, -0.2) is 15.7 Å². The third-order valence-electron chi connectivity index (χ3n) is 5.12. The number of rotatable bonds is 6. The average molecular weight is 419 g/mol. The molecular weight excluding hydrogens is 396 g/mol. The first kappa shape index (κ1) is 20.8. The van der Waals surface area contributed by atoms with Gasteiger partial charge in [-0.05, 0) is 30.7 Å². The van der Waals surface area contributed by atoms with E-state index in [0.717, 1.165) is 16.8 Å². The maximum Gasteiger partial charge on any atom is 0.262 e. The zero-order valence-electron chi connectivity index (χ0n) is 17.6. The largest absolute Gasteiger partial charge is 0.345 e. The molecule has 4 rings (SSSR count). The highest BCUT2D eigenvalue weighted by Crippen LogP contribution is 2.26. The first-order valence-corrected chi connectivity index (χ1v) is 10.3. The summed E-state index contributed by atoms with van der Waals surface area (Å²) < 4.78 is 1.76. The normalized spacial score (nSPS) is 12.1. The average Bonchev–Trinajstić information content (AvgIpc) is 3.28. The van der Waals surface area contributed by atoms with E-state index in [4.69, 9.17) is 5.10 Å². The fourth-order valence-corrected chi connectivity index (χ4v) is 3.43. The lowest BCUT2D eigenvalue weighted by atomic mass is 10.1. The van der Waals surface area contributed by atoms with Gasteiger partial charge in [0.15, 0.2) is 0 Å². The van der Waals surface area contributed by atoms with Crippen LogP contribution in [-0.2, 0) is 4.79 Å². The maximum absolute atomic E-state index is 12.9. The molecule has 4 aromatic rings. The van der Waals surface area contributed by atoms with Gasteiger partial charge in [0.2, 0.25) is 0 Å². The van der Waals surface area contributed by atoms with E-state index in [9.17, 15) is 10.1 Å². The van der Waals surface area contributed by atoms with Crippen molar-refractivity contribution in [1.82, 2.24) is 15.1 Å². The van der Waals surface area contributed by atoms with Crippen LogP contribution in [0.1, 0.15) is 24.1 Å². The number of carbonyl (C=O) groups is 1. The molecule has 0 bridgehead atoms. The van der Waals surface area contributed by atoms with Crippen LogP contribution >= 0.6 is 0 Å². The minimum atomic E-state index is -0.421. The van der Waals surface area contributed by atoms with Gasteiger partial charge in [0, 0.05) is 17.3 Å². The Balaban J connectivity index is 1.69. The van der Waals surface area contributed by atoms with Crippen molar-refractivity contribution in [3.63, 3.8) is 0 Å². The fourth-order valence-electron chi connectivity index (χ4n) is 3.43. The molecule has 5 nitrogen and oxygen atoms in total. The van der Waals surface area contributed by atoms with Crippen LogP contribution in [0.15, 0.2) is 103 Å². The van der Waals surface area contributed by atoms with Gasteiger partial charge in [-0.3, -0.25) is 4.79 Å². The van der Waals surface area contributed by atoms with Gasteiger partial charge in [-0.1, -0.05) is 78.9 Å². The molecule has 156 valence electrons. The molecule has 0 saturated carbocycles. The number of nitrogens with zero attached hydrogens (tertiary/aromatic N) is 3. The van der Waals surface area contributed by atoms with Gasteiger partial charge in [-0.25, -0.2) is 4.68 Å². The van der Waals surface area contributed by atoms with Gasteiger partial charge in [0.05, 0.1) is 17.4 Å². The number of nitriles is 1. The first-order chi connectivity index (χ1) is 15.7. The van der Waals surface area contributed by atoms with Crippen LogP contribution in [0.2, 0.25) is 0 Å². The van der Waals surface area contributed by atoms with Crippen molar-refractivity contribution < 1.29 is 4.79 Å². The van der Waals surface area contributed by atoms with Crippen LogP contribution in [0.25, 0.3) is 23.0 Å². The third kappa shape index (κ3) is 4.66. The summed E-state index contributed by atoms with van der Waals surface area (Å²) in [5.74, 6) is -0.421. The van der Waals surface area contributed by atoms with Crippen molar-refractivity contribution in [2.45, 2.75) is 13.0 Å². The molecule has 32 heavy (non-hydrogen) atoms. The molecular formula is C27H22N4O. The molecule has 5 heteroatoms. The number of hydrogen-bond donors (Lipinski definition) is 1. The van der Waals surface area contributed by atoms with Crippen molar-refractivity contribution in [2.24, 2.45) is 0 Å². The van der Waals surface area contributed by atoms with Crippen LogP contribution in [0.3, 0.4) is 0 Å². The van der Waals surface area contributed by atoms with Crippen molar-refractivity contribution in [3.8, 4) is 23.0 Å². The number of amides is 1. The molecule has 0 aliphatic heterocycles. The number of nitrogens with one attached hydrogen (secondary N) is 1. The summed E-state index contributed by atoms with van der Waals surface area (Å²) >= 11 is 0. The quantitative estimate of drug-likeness (QED) is 0.340. The topological polar surface area (TPSA) is 70.7 Å². The second-order valence-corrected chi connectivity index (χ2v) is 7.35. The molecule has 0 unspecified atom stereocenters. The van der Waals surface area contributed by atoms with E-state index >= 15 is 0 Å². The summed E-state index contributed by atoms with van der Waals surface area (Å²) in [6.07, 6.45) is 3.44. The predicted octanol–water partition coefficient (Wildman–Crippen LogP) is 5.32. The van der Waals surface area contributed by atoms with E-state index in [1.165, 1.54) is 0 Å². The van der Waals surface area contributed by atoms with E-state index in [1.54, 1.807) is 10.8 Å². The first-order valence-electron chi connectivity index (χ1n) is 10.3. The molecule has 0 aliphatic carbocycles. The number of benzene rings is 3. The second-order valence-electron chi connectivity index (χ2n) is 7.35. The third-order valence-corrected chi connectivity index (χ3v) is 5.12. The maximum atomic E-state index is 12.9. The van der Waals surface area contributed by atoms with Crippen molar-refractivity contribution >= 4 is 12.0 Å². The zero-order valence-corrected chi connectivity index (χ0v) is 17.6. The predicted molar refractivity (Wildman–Crippen MR) is 126 cm³/mol. The summed E-state index contributed by atoms with van der Waals surface area (Å²) in [6.45, 7) is 1.89. The summed E-state index contributed by atoms with van der Waals surface area (Å²) in [6, 6.07) is 30.9. The van der Waals surface area contributed by atoms with E-state index < -0.39 is 5.91 Å². The molecule has 0 saturated heterocycles. The van der Waals surface area contributed by atoms with E-state index in [-0.39, 0.29) is 11.6 Å². The van der Waals surface area contributed by atoms with Crippen molar-refractivity contribution in [3.05, 3.63) is 114 Å². The van der Waals surface area contributed by atoms with E-state index in [1.807, 2.05) is 110 Å². The molecule has 1 heterocycles. The Kier molecular flexibility index (Phi) is 6.24. The SMILES string of the molecule is C[C@H](NC(=O)/C(C#N)=C\c1cn(-c2ccccc2)nc1-c1ccccc1)c1ccccc1. The Morgan fingerprint density at radius 1 is 0.969 bits per heavy atom. The highest BCUT2D eigenvalue weighted by atomic mass is 16.1. The smallest absolute Gasteiger partial charge is 0.262 e. The molecule has 0 radical (unpaired) electrons. The Morgan fingerprint density at radius 2 is 1.56 bits per heavy atom. The minimum absolute atomic E-state index is 0.0255.